The van der Waals surface area contributed by atoms with Gasteiger partial charge < -0.3 is 5.32 Å². The Balaban J connectivity index is 1.42. The van der Waals surface area contributed by atoms with Crippen molar-refractivity contribution in [3.63, 3.8) is 0 Å². The van der Waals surface area contributed by atoms with Crippen molar-refractivity contribution in [3.8, 4) is 11.3 Å². The predicted octanol–water partition coefficient (Wildman–Crippen LogP) is 0.906. The average Bonchev–Trinajstić information content (AvgIpc) is 3.11. The van der Waals surface area contributed by atoms with Gasteiger partial charge in [0.25, 0.3) is 5.56 Å². The average molecular weight is 353 g/mol. The van der Waals surface area contributed by atoms with Crippen LogP contribution in [0.15, 0.2) is 41.5 Å². The summed E-state index contributed by atoms with van der Waals surface area (Å²) in [6.07, 6.45) is 6.32. The van der Waals surface area contributed by atoms with E-state index in [0.29, 0.717) is 12.5 Å². The molecule has 2 aromatic heterocycles. The predicted molar refractivity (Wildman–Crippen MR) is 97.4 cm³/mol. The lowest BCUT2D eigenvalue weighted by atomic mass is 9.95. The summed E-state index contributed by atoms with van der Waals surface area (Å²) in [5.74, 6) is 0.569. The van der Waals surface area contributed by atoms with Crippen LogP contribution in [0.1, 0.15) is 19.3 Å². The van der Waals surface area contributed by atoms with Crippen LogP contribution in [0.2, 0.25) is 0 Å². The van der Waals surface area contributed by atoms with E-state index in [0.717, 1.165) is 50.2 Å². The molecule has 0 radical (unpaired) electrons. The molecule has 1 unspecified atom stereocenters. The van der Waals surface area contributed by atoms with E-state index in [-0.39, 0.29) is 17.5 Å². The van der Waals surface area contributed by atoms with Crippen molar-refractivity contribution in [2.24, 2.45) is 5.92 Å². The van der Waals surface area contributed by atoms with Crippen LogP contribution < -0.4 is 10.9 Å². The Kier molecular flexibility index (Phi) is 4.79. The summed E-state index contributed by atoms with van der Waals surface area (Å²) < 4.78 is 1.58. The molecule has 1 N–H and O–H groups in total. The molecular weight excluding hydrogens is 330 g/mol. The standard InChI is InChI=1S/C19H23N5O2/c25-18-2-1-16(15-3-8-20-9-4-15)22-24(18)13-14-6-11-23(12-7-14)17-5-10-21-19(17)26/h1-4,8-9,14,17H,5-7,10-13H2,(H,21,26). The first-order chi connectivity index (χ1) is 12.7. The fraction of sp³-hybridized carbons (Fsp3) is 0.474. The number of piperidine rings is 1. The van der Waals surface area contributed by atoms with Gasteiger partial charge in [0.2, 0.25) is 5.91 Å². The van der Waals surface area contributed by atoms with Crippen molar-refractivity contribution in [3.05, 3.63) is 47.0 Å². The summed E-state index contributed by atoms with van der Waals surface area (Å²) in [5, 5.41) is 7.45. The van der Waals surface area contributed by atoms with E-state index in [4.69, 9.17) is 0 Å². The Hall–Kier alpha value is -2.54. The second-order valence-electron chi connectivity index (χ2n) is 7.05. The minimum Gasteiger partial charge on any atom is -0.355 e. The first-order valence-corrected chi connectivity index (χ1v) is 9.21. The third-order valence-corrected chi connectivity index (χ3v) is 5.38. The summed E-state index contributed by atoms with van der Waals surface area (Å²) >= 11 is 0. The number of carbonyl (C=O) groups excluding carboxylic acids is 1. The lowest BCUT2D eigenvalue weighted by Crippen LogP contribution is -2.45. The van der Waals surface area contributed by atoms with Crippen molar-refractivity contribution < 1.29 is 4.79 Å². The Bertz CT molecular complexity index is 827. The summed E-state index contributed by atoms with van der Waals surface area (Å²) in [6.45, 7) is 3.22. The smallest absolute Gasteiger partial charge is 0.266 e. The molecule has 4 rings (SSSR count). The SMILES string of the molecule is O=C1NCCC1N1CCC(Cn2nc(-c3ccncc3)ccc2=O)CC1. The highest BCUT2D eigenvalue weighted by molar-refractivity contribution is 5.83. The van der Waals surface area contributed by atoms with E-state index in [1.807, 2.05) is 12.1 Å². The minimum atomic E-state index is -0.0691. The molecule has 0 saturated carbocycles. The van der Waals surface area contributed by atoms with Gasteiger partial charge in [0.1, 0.15) is 0 Å². The third kappa shape index (κ3) is 3.53. The summed E-state index contributed by atoms with van der Waals surface area (Å²) in [5.41, 5.74) is 1.67. The van der Waals surface area contributed by atoms with Crippen LogP contribution in [0, 0.1) is 5.92 Å². The number of carbonyl (C=O) groups is 1. The van der Waals surface area contributed by atoms with Gasteiger partial charge in [-0.3, -0.25) is 19.5 Å². The van der Waals surface area contributed by atoms with E-state index in [1.165, 1.54) is 0 Å². The van der Waals surface area contributed by atoms with Gasteiger partial charge in [0.05, 0.1) is 11.7 Å². The van der Waals surface area contributed by atoms with Crippen LogP contribution in [0.3, 0.4) is 0 Å². The molecule has 7 nitrogen and oxygen atoms in total. The second kappa shape index (κ2) is 7.37. The van der Waals surface area contributed by atoms with Gasteiger partial charge in [0.15, 0.2) is 0 Å². The molecule has 2 aromatic rings. The number of hydrogen-bond acceptors (Lipinski definition) is 5. The quantitative estimate of drug-likeness (QED) is 0.884. The molecule has 2 saturated heterocycles. The molecule has 26 heavy (non-hydrogen) atoms. The molecule has 2 aliphatic heterocycles. The molecule has 4 heterocycles. The van der Waals surface area contributed by atoms with Crippen LogP contribution in [0.4, 0.5) is 0 Å². The lowest BCUT2D eigenvalue weighted by Gasteiger charge is -2.34. The largest absolute Gasteiger partial charge is 0.355 e. The van der Waals surface area contributed by atoms with Gasteiger partial charge >= 0.3 is 0 Å². The van der Waals surface area contributed by atoms with Crippen LogP contribution >= 0.6 is 0 Å². The fourth-order valence-corrected chi connectivity index (χ4v) is 3.88. The zero-order chi connectivity index (χ0) is 17.9. The minimum absolute atomic E-state index is 0.0341. The van der Waals surface area contributed by atoms with Crippen LogP contribution in [-0.4, -0.2) is 51.2 Å². The van der Waals surface area contributed by atoms with Gasteiger partial charge in [-0.1, -0.05) is 0 Å². The summed E-state index contributed by atoms with van der Waals surface area (Å²) in [6, 6.07) is 7.16. The van der Waals surface area contributed by atoms with E-state index in [2.05, 4.69) is 20.3 Å². The van der Waals surface area contributed by atoms with Gasteiger partial charge in [0, 0.05) is 37.1 Å². The molecule has 0 spiro atoms. The first-order valence-electron chi connectivity index (χ1n) is 9.21. The lowest BCUT2D eigenvalue weighted by molar-refractivity contribution is -0.124. The first kappa shape index (κ1) is 16.9. The number of pyridine rings is 1. The zero-order valence-corrected chi connectivity index (χ0v) is 14.7. The number of aromatic nitrogens is 3. The maximum Gasteiger partial charge on any atom is 0.266 e. The van der Waals surface area contributed by atoms with Gasteiger partial charge in [-0.05, 0) is 56.5 Å². The second-order valence-corrected chi connectivity index (χ2v) is 7.05. The highest BCUT2D eigenvalue weighted by Crippen LogP contribution is 2.23. The molecule has 0 aromatic carbocycles. The van der Waals surface area contributed by atoms with Gasteiger partial charge in [-0.2, -0.15) is 5.10 Å². The molecule has 1 amide bonds. The number of nitrogens with one attached hydrogen (secondary N) is 1. The molecular formula is C19H23N5O2. The monoisotopic (exact) mass is 353 g/mol. The summed E-state index contributed by atoms with van der Waals surface area (Å²) in [4.78, 5) is 30.4. The highest BCUT2D eigenvalue weighted by Gasteiger charge is 2.32. The maximum absolute atomic E-state index is 12.2. The number of amides is 1. The third-order valence-electron chi connectivity index (χ3n) is 5.38. The van der Waals surface area contributed by atoms with Crippen LogP contribution in [0.25, 0.3) is 11.3 Å². The van der Waals surface area contributed by atoms with Crippen molar-refractivity contribution in [2.45, 2.75) is 31.8 Å². The zero-order valence-electron chi connectivity index (χ0n) is 14.7. The fourth-order valence-electron chi connectivity index (χ4n) is 3.88. The molecule has 1 atom stereocenters. The Morgan fingerprint density at radius 1 is 1.04 bits per heavy atom. The molecule has 0 aliphatic carbocycles. The van der Waals surface area contributed by atoms with Crippen LogP contribution in [0.5, 0.6) is 0 Å². The molecule has 0 bridgehead atoms. The Labute approximate surface area is 152 Å². The molecule has 136 valence electrons. The number of nitrogens with zero attached hydrogens (tertiary/aromatic N) is 4. The van der Waals surface area contributed by atoms with Crippen molar-refractivity contribution >= 4 is 5.91 Å². The topological polar surface area (TPSA) is 80.1 Å². The number of rotatable bonds is 4. The van der Waals surface area contributed by atoms with E-state index >= 15 is 0 Å². The normalized spacial score (nSPS) is 21.7. The number of hydrogen-bond donors (Lipinski definition) is 1. The van der Waals surface area contributed by atoms with Gasteiger partial charge in [-0.15, -0.1) is 0 Å². The molecule has 7 heteroatoms. The van der Waals surface area contributed by atoms with E-state index in [9.17, 15) is 9.59 Å². The van der Waals surface area contributed by atoms with Gasteiger partial charge in [-0.25, -0.2) is 4.68 Å². The molecule has 2 aliphatic rings. The van der Waals surface area contributed by atoms with E-state index < -0.39 is 0 Å². The van der Waals surface area contributed by atoms with Crippen molar-refractivity contribution in [1.29, 1.82) is 0 Å². The Morgan fingerprint density at radius 2 is 1.81 bits per heavy atom. The summed E-state index contributed by atoms with van der Waals surface area (Å²) in [7, 11) is 0. The van der Waals surface area contributed by atoms with Crippen molar-refractivity contribution in [1.82, 2.24) is 25.0 Å². The Morgan fingerprint density at radius 3 is 2.50 bits per heavy atom. The maximum atomic E-state index is 12.2. The highest BCUT2D eigenvalue weighted by atomic mass is 16.2. The number of likely N-dealkylation sites (tertiary alicyclic amines) is 1. The van der Waals surface area contributed by atoms with E-state index in [1.54, 1.807) is 29.2 Å². The van der Waals surface area contributed by atoms with Crippen LogP contribution in [-0.2, 0) is 11.3 Å². The molecule has 2 fully saturated rings. The van der Waals surface area contributed by atoms with Crippen molar-refractivity contribution in [2.75, 3.05) is 19.6 Å².